The molecule has 0 aromatic rings. The van der Waals surface area contributed by atoms with Gasteiger partial charge in [0.25, 0.3) is 0 Å². The van der Waals surface area contributed by atoms with Gasteiger partial charge >= 0.3 is 0 Å². The highest BCUT2D eigenvalue weighted by Gasteiger charge is 2.15. The third-order valence-corrected chi connectivity index (χ3v) is 2.46. The molecule has 0 saturated carbocycles. The first kappa shape index (κ1) is 12.5. The van der Waals surface area contributed by atoms with Crippen LogP contribution < -0.4 is 10.6 Å². The van der Waals surface area contributed by atoms with Crippen molar-refractivity contribution in [2.45, 2.75) is 45.3 Å². The molecule has 1 aliphatic rings. The van der Waals surface area contributed by atoms with Crippen molar-refractivity contribution in [3.63, 3.8) is 0 Å². The number of nitrogens with one attached hydrogen (secondary N) is 2. The van der Waals surface area contributed by atoms with Crippen molar-refractivity contribution in [1.82, 2.24) is 10.6 Å². The summed E-state index contributed by atoms with van der Waals surface area (Å²) in [6.45, 7) is 6.40. The van der Waals surface area contributed by atoms with Crippen LogP contribution in [0.5, 0.6) is 0 Å². The number of carbonyl (C=O) groups is 1. The monoisotopic (exact) mass is 214 g/mol. The molecule has 4 heteroatoms. The largest absolute Gasteiger partial charge is 0.376 e. The highest BCUT2D eigenvalue weighted by Crippen LogP contribution is 2.10. The molecule has 15 heavy (non-hydrogen) atoms. The second-order valence-electron chi connectivity index (χ2n) is 4.30. The molecule has 0 bridgehead atoms. The SMILES string of the molecule is CC(C)NCCC(=O)NCC1CCCO1. The first-order valence-corrected chi connectivity index (χ1v) is 5.80. The molecule has 1 fully saturated rings. The van der Waals surface area contributed by atoms with Crippen molar-refractivity contribution < 1.29 is 9.53 Å². The van der Waals surface area contributed by atoms with E-state index in [1.165, 1.54) is 0 Å². The maximum atomic E-state index is 11.4. The Morgan fingerprint density at radius 3 is 2.93 bits per heavy atom. The Kier molecular flexibility index (Phi) is 5.65. The molecule has 1 saturated heterocycles. The van der Waals surface area contributed by atoms with Gasteiger partial charge in [-0.05, 0) is 12.8 Å². The fourth-order valence-electron chi connectivity index (χ4n) is 1.60. The zero-order chi connectivity index (χ0) is 11.1. The number of amides is 1. The zero-order valence-corrected chi connectivity index (χ0v) is 9.71. The van der Waals surface area contributed by atoms with Gasteiger partial charge in [0.2, 0.25) is 5.91 Å². The molecule has 0 aromatic heterocycles. The molecular weight excluding hydrogens is 192 g/mol. The molecule has 1 atom stereocenters. The molecule has 88 valence electrons. The zero-order valence-electron chi connectivity index (χ0n) is 9.71. The van der Waals surface area contributed by atoms with Crippen LogP contribution in [0.1, 0.15) is 33.1 Å². The number of carbonyl (C=O) groups excluding carboxylic acids is 1. The van der Waals surface area contributed by atoms with E-state index in [4.69, 9.17) is 4.74 Å². The van der Waals surface area contributed by atoms with Gasteiger partial charge in [0.15, 0.2) is 0 Å². The molecule has 1 unspecified atom stereocenters. The Morgan fingerprint density at radius 2 is 2.33 bits per heavy atom. The normalized spacial score (nSPS) is 20.9. The summed E-state index contributed by atoms with van der Waals surface area (Å²) < 4.78 is 5.42. The molecule has 0 aliphatic carbocycles. The van der Waals surface area contributed by atoms with E-state index in [1.807, 2.05) is 0 Å². The number of hydrogen-bond donors (Lipinski definition) is 2. The molecule has 0 spiro atoms. The quantitative estimate of drug-likeness (QED) is 0.683. The Bertz CT molecular complexity index is 189. The molecule has 1 heterocycles. The standard InChI is InChI=1S/C11H22N2O2/c1-9(2)12-6-5-11(14)13-8-10-4-3-7-15-10/h9-10,12H,3-8H2,1-2H3,(H,13,14). The molecule has 1 amide bonds. The summed E-state index contributed by atoms with van der Waals surface area (Å²) in [7, 11) is 0. The summed E-state index contributed by atoms with van der Waals surface area (Å²) in [6.07, 6.45) is 2.98. The Hall–Kier alpha value is -0.610. The third-order valence-electron chi connectivity index (χ3n) is 2.46. The van der Waals surface area contributed by atoms with E-state index in [9.17, 15) is 4.79 Å². The third kappa shape index (κ3) is 5.74. The van der Waals surface area contributed by atoms with E-state index in [0.717, 1.165) is 26.0 Å². The van der Waals surface area contributed by atoms with Crippen LogP contribution in [0.15, 0.2) is 0 Å². The van der Waals surface area contributed by atoms with Gasteiger partial charge in [-0.2, -0.15) is 0 Å². The second-order valence-corrected chi connectivity index (χ2v) is 4.30. The lowest BCUT2D eigenvalue weighted by Crippen LogP contribution is -2.34. The smallest absolute Gasteiger partial charge is 0.221 e. The first-order valence-electron chi connectivity index (χ1n) is 5.80. The van der Waals surface area contributed by atoms with Gasteiger partial charge in [-0.15, -0.1) is 0 Å². The lowest BCUT2D eigenvalue weighted by molar-refractivity contribution is -0.121. The van der Waals surface area contributed by atoms with E-state index in [0.29, 0.717) is 19.0 Å². The van der Waals surface area contributed by atoms with Crippen LogP contribution in [0, 0.1) is 0 Å². The van der Waals surface area contributed by atoms with Gasteiger partial charge in [-0.1, -0.05) is 13.8 Å². The maximum absolute atomic E-state index is 11.4. The number of ether oxygens (including phenoxy) is 1. The summed E-state index contributed by atoms with van der Waals surface area (Å²) >= 11 is 0. The number of hydrogen-bond acceptors (Lipinski definition) is 3. The van der Waals surface area contributed by atoms with Crippen LogP contribution in [0.25, 0.3) is 0 Å². The van der Waals surface area contributed by atoms with Crippen LogP contribution >= 0.6 is 0 Å². The molecule has 0 radical (unpaired) electrons. The topological polar surface area (TPSA) is 50.4 Å². The molecule has 2 N–H and O–H groups in total. The van der Waals surface area contributed by atoms with Crippen LogP contribution in [-0.2, 0) is 9.53 Å². The van der Waals surface area contributed by atoms with E-state index >= 15 is 0 Å². The van der Waals surface area contributed by atoms with Gasteiger partial charge < -0.3 is 15.4 Å². The van der Waals surface area contributed by atoms with E-state index in [1.54, 1.807) is 0 Å². The van der Waals surface area contributed by atoms with Crippen LogP contribution in [0.2, 0.25) is 0 Å². The average molecular weight is 214 g/mol. The minimum absolute atomic E-state index is 0.110. The lowest BCUT2D eigenvalue weighted by atomic mass is 10.2. The van der Waals surface area contributed by atoms with Gasteiger partial charge in [-0.3, -0.25) is 4.79 Å². The summed E-state index contributed by atoms with van der Waals surface area (Å²) in [4.78, 5) is 11.4. The minimum Gasteiger partial charge on any atom is -0.376 e. The highest BCUT2D eigenvalue weighted by atomic mass is 16.5. The highest BCUT2D eigenvalue weighted by molar-refractivity contribution is 5.76. The molecule has 0 aromatic carbocycles. The second kappa shape index (κ2) is 6.80. The minimum atomic E-state index is 0.110. The summed E-state index contributed by atoms with van der Waals surface area (Å²) in [5.41, 5.74) is 0. The van der Waals surface area contributed by atoms with E-state index in [2.05, 4.69) is 24.5 Å². The van der Waals surface area contributed by atoms with Crippen LogP contribution in [0.4, 0.5) is 0 Å². The van der Waals surface area contributed by atoms with E-state index in [-0.39, 0.29) is 12.0 Å². The maximum Gasteiger partial charge on any atom is 0.221 e. The molecule has 1 rings (SSSR count). The Labute approximate surface area is 91.8 Å². The van der Waals surface area contributed by atoms with Crippen molar-refractivity contribution in [2.75, 3.05) is 19.7 Å². The first-order chi connectivity index (χ1) is 7.18. The predicted octanol–water partition coefficient (Wildman–Crippen LogP) is 0.670. The van der Waals surface area contributed by atoms with Gasteiger partial charge in [0, 0.05) is 32.2 Å². The van der Waals surface area contributed by atoms with Crippen molar-refractivity contribution in [2.24, 2.45) is 0 Å². The van der Waals surface area contributed by atoms with Gasteiger partial charge in [-0.25, -0.2) is 0 Å². The Morgan fingerprint density at radius 1 is 1.53 bits per heavy atom. The lowest BCUT2D eigenvalue weighted by Gasteiger charge is -2.11. The average Bonchev–Trinajstić information content (AvgIpc) is 2.66. The van der Waals surface area contributed by atoms with Crippen LogP contribution in [0.3, 0.4) is 0 Å². The molecule has 4 nitrogen and oxygen atoms in total. The fourth-order valence-corrected chi connectivity index (χ4v) is 1.60. The van der Waals surface area contributed by atoms with Crippen molar-refractivity contribution in [1.29, 1.82) is 0 Å². The predicted molar refractivity (Wildman–Crippen MR) is 59.7 cm³/mol. The van der Waals surface area contributed by atoms with Crippen molar-refractivity contribution >= 4 is 5.91 Å². The van der Waals surface area contributed by atoms with Gasteiger partial charge in [0.05, 0.1) is 6.10 Å². The molecular formula is C11H22N2O2. The van der Waals surface area contributed by atoms with Crippen LogP contribution in [-0.4, -0.2) is 37.7 Å². The summed E-state index contributed by atoms with van der Waals surface area (Å²) in [6, 6.07) is 0.441. The fraction of sp³-hybridized carbons (Fsp3) is 0.909. The number of rotatable bonds is 6. The van der Waals surface area contributed by atoms with Crippen molar-refractivity contribution in [3.05, 3.63) is 0 Å². The van der Waals surface area contributed by atoms with E-state index < -0.39 is 0 Å². The Balaban J connectivity index is 1.98. The molecule has 1 aliphatic heterocycles. The summed E-state index contributed by atoms with van der Waals surface area (Å²) in [5, 5.41) is 6.11. The van der Waals surface area contributed by atoms with Crippen molar-refractivity contribution in [3.8, 4) is 0 Å². The van der Waals surface area contributed by atoms with Gasteiger partial charge in [0.1, 0.15) is 0 Å². The summed E-state index contributed by atoms with van der Waals surface area (Å²) in [5.74, 6) is 0.110.